The Morgan fingerprint density at radius 3 is 2.39 bits per heavy atom. The number of hydrogen-bond acceptors (Lipinski definition) is 7. The van der Waals surface area contributed by atoms with E-state index in [-0.39, 0.29) is 28.7 Å². The molecule has 0 spiro atoms. The van der Waals surface area contributed by atoms with Gasteiger partial charge in [0, 0.05) is 29.7 Å². The van der Waals surface area contributed by atoms with Gasteiger partial charge in [0.1, 0.15) is 22.9 Å². The van der Waals surface area contributed by atoms with Crippen LogP contribution >= 0.6 is 0 Å². The maximum atomic E-state index is 14.5. The summed E-state index contributed by atoms with van der Waals surface area (Å²) in [6, 6.07) is 11.4. The van der Waals surface area contributed by atoms with Gasteiger partial charge in [0.2, 0.25) is 5.82 Å². The lowest BCUT2D eigenvalue weighted by Crippen LogP contribution is -2.07. The van der Waals surface area contributed by atoms with Gasteiger partial charge in [-0.2, -0.15) is 18.2 Å². The summed E-state index contributed by atoms with van der Waals surface area (Å²) in [7, 11) is 0. The smallest absolute Gasteiger partial charge is 0.332 e. The van der Waals surface area contributed by atoms with Crippen LogP contribution in [0.15, 0.2) is 71.6 Å². The van der Waals surface area contributed by atoms with Crippen molar-refractivity contribution in [3.8, 4) is 39.9 Å². The van der Waals surface area contributed by atoms with Crippen molar-refractivity contribution < 1.29 is 22.1 Å². The van der Waals surface area contributed by atoms with Crippen LogP contribution in [0.4, 0.5) is 17.6 Å². The molecule has 0 fully saturated rings. The third-order valence-corrected chi connectivity index (χ3v) is 4.65. The molecule has 4 aromatic heterocycles. The number of halogens is 4. The Kier molecular flexibility index (Phi) is 4.89. The predicted molar refractivity (Wildman–Crippen MR) is 106 cm³/mol. The molecule has 5 aromatic rings. The van der Waals surface area contributed by atoms with Gasteiger partial charge >= 0.3 is 6.18 Å². The highest BCUT2D eigenvalue weighted by molar-refractivity contribution is 5.75. The molecular weight excluding hydrogens is 442 g/mol. The molecule has 0 saturated carbocycles. The zero-order valence-corrected chi connectivity index (χ0v) is 16.4. The van der Waals surface area contributed by atoms with Gasteiger partial charge in [-0.3, -0.25) is 9.97 Å². The summed E-state index contributed by atoms with van der Waals surface area (Å²) in [5.41, 5.74) is 0.443. The molecule has 8 nitrogen and oxygen atoms in total. The summed E-state index contributed by atoms with van der Waals surface area (Å²) in [4.78, 5) is 11.6. The summed E-state index contributed by atoms with van der Waals surface area (Å²) in [5.74, 6) is -0.571. The standard InChI is InChI=1S/C21H11F4N7O/c22-14-3-1-2-4-15(14)32-18(12-7-9-26-10-8-12)17(29-31-32)20-28-19(30-33-20)13-5-6-16(27-11-13)21(23,24)25/h1-11H. The van der Waals surface area contributed by atoms with Crippen LogP contribution in [-0.4, -0.2) is 35.1 Å². The number of para-hydroxylation sites is 1. The van der Waals surface area contributed by atoms with Gasteiger partial charge in [-0.05, 0) is 36.4 Å². The molecule has 0 bridgehead atoms. The fourth-order valence-corrected chi connectivity index (χ4v) is 3.12. The third-order valence-electron chi connectivity index (χ3n) is 4.65. The van der Waals surface area contributed by atoms with Gasteiger partial charge in [0.05, 0.1) is 0 Å². The minimum Gasteiger partial charge on any atom is -0.332 e. The maximum Gasteiger partial charge on any atom is 0.433 e. The van der Waals surface area contributed by atoms with Crippen molar-refractivity contribution in [3.63, 3.8) is 0 Å². The lowest BCUT2D eigenvalue weighted by atomic mass is 10.1. The number of pyridine rings is 2. The average molecular weight is 453 g/mol. The highest BCUT2D eigenvalue weighted by atomic mass is 19.4. The molecule has 1 aromatic carbocycles. The van der Waals surface area contributed by atoms with Gasteiger partial charge < -0.3 is 4.52 Å². The predicted octanol–water partition coefficient (Wildman–Crippen LogP) is 4.60. The fourth-order valence-electron chi connectivity index (χ4n) is 3.12. The Morgan fingerprint density at radius 2 is 1.70 bits per heavy atom. The normalized spacial score (nSPS) is 11.6. The van der Waals surface area contributed by atoms with E-state index in [2.05, 4.69) is 30.4 Å². The van der Waals surface area contributed by atoms with E-state index in [4.69, 9.17) is 4.52 Å². The Bertz CT molecular complexity index is 1410. The second kappa shape index (κ2) is 7.89. The van der Waals surface area contributed by atoms with E-state index in [1.807, 2.05) is 0 Å². The van der Waals surface area contributed by atoms with E-state index in [0.29, 0.717) is 11.3 Å². The number of aromatic nitrogens is 7. The SMILES string of the molecule is Fc1ccccc1-n1nnc(-c2nc(-c3ccc(C(F)(F)F)nc3)no2)c1-c1ccncc1. The van der Waals surface area contributed by atoms with Crippen molar-refractivity contribution in [1.82, 2.24) is 35.1 Å². The molecule has 33 heavy (non-hydrogen) atoms. The maximum absolute atomic E-state index is 14.5. The van der Waals surface area contributed by atoms with E-state index in [0.717, 1.165) is 12.3 Å². The van der Waals surface area contributed by atoms with Crippen LogP contribution in [0, 0.1) is 5.82 Å². The summed E-state index contributed by atoms with van der Waals surface area (Å²) < 4.78 is 59.4. The molecule has 4 heterocycles. The van der Waals surface area contributed by atoms with E-state index in [1.165, 1.54) is 22.9 Å². The van der Waals surface area contributed by atoms with Gasteiger partial charge in [-0.25, -0.2) is 9.07 Å². The molecule has 164 valence electrons. The van der Waals surface area contributed by atoms with Crippen LogP contribution in [0.2, 0.25) is 0 Å². The summed E-state index contributed by atoms with van der Waals surface area (Å²) in [6.45, 7) is 0. The fraction of sp³-hybridized carbons (Fsp3) is 0.0476. The van der Waals surface area contributed by atoms with E-state index >= 15 is 0 Å². The molecule has 0 atom stereocenters. The Balaban J connectivity index is 1.60. The first-order valence-corrected chi connectivity index (χ1v) is 9.40. The second-order valence-corrected chi connectivity index (χ2v) is 6.74. The monoisotopic (exact) mass is 453 g/mol. The summed E-state index contributed by atoms with van der Waals surface area (Å²) in [5, 5.41) is 12.0. The quantitative estimate of drug-likeness (QED) is 0.367. The van der Waals surface area contributed by atoms with Crippen LogP contribution in [0.5, 0.6) is 0 Å². The van der Waals surface area contributed by atoms with Crippen LogP contribution in [0.1, 0.15) is 5.69 Å². The molecule has 0 unspecified atom stereocenters. The van der Waals surface area contributed by atoms with E-state index in [9.17, 15) is 17.6 Å². The number of alkyl halides is 3. The Labute approximate surface area is 182 Å². The largest absolute Gasteiger partial charge is 0.433 e. The molecule has 0 radical (unpaired) electrons. The van der Waals surface area contributed by atoms with Crippen LogP contribution in [0.25, 0.3) is 39.9 Å². The summed E-state index contributed by atoms with van der Waals surface area (Å²) >= 11 is 0. The van der Waals surface area contributed by atoms with Crippen molar-refractivity contribution in [2.24, 2.45) is 0 Å². The minimum absolute atomic E-state index is 0.00680. The third kappa shape index (κ3) is 3.82. The molecular formula is C21H11F4N7O. The number of nitrogens with zero attached hydrogens (tertiary/aromatic N) is 7. The van der Waals surface area contributed by atoms with Crippen molar-refractivity contribution in [2.75, 3.05) is 0 Å². The molecule has 5 rings (SSSR count). The summed E-state index contributed by atoms with van der Waals surface area (Å²) in [6.07, 6.45) is -0.473. The second-order valence-electron chi connectivity index (χ2n) is 6.74. The topological polar surface area (TPSA) is 95.4 Å². The molecule has 12 heteroatoms. The van der Waals surface area contributed by atoms with Gasteiger partial charge in [-0.1, -0.05) is 22.5 Å². The number of hydrogen-bond donors (Lipinski definition) is 0. The molecule has 0 aliphatic carbocycles. The van der Waals surface area contributed by atoms with Crippen LogP contribution in [0.3, 0.4) is 0 Å². The number of benzene rings is 1. The van der Waals surface area contributed by atoms with Gasteiger partial charge in [0.25, 0.3) is 5.89 Å². The minimum atomic E-state index is -4.56. The Morgan fingerprint density at radius 1 is 0.909 bits per heavy atom. The van der Waals surface area contributed by atoms with E-state index < -0.39 is 17.7 Å². The molecule has 0 amide bonds. The molecule has 0 aliphatic heterocycles. The van der Waals surface area contributed by atoms with Crippen LogP contribution < -0.4 is 0 Å². The lowest BCUT2D eigenvalue weighted by Gasteiger charge is -2.08. The highest BCUT2D eigenvalue weighted by Crippen LogP contribution is 2.33. The first-order chi connectivity index (χ1) is 15.9. The zero-order chi connectivity index (χ0) is 23.0. The number of rotatable bonds is 4. The molecule has 0 N–H and O–H groups in total. The first-order valence-electron chi connectivity index (χ1n) is 9.40. The van der Waals surface area contributed by atoms with Crippen molar-refractivity contribution in [2.45, 2.75) is 6.18 Å². The zero-order valence-electron chi connectivity index (χ0n) is 16.4. The van der Waals surface area contributed by atoms with Gasteiger partial charge in [0.15, 0.2) is 5.69 Å². The van der Waals surface area contributed by atoms with E-state index in [1.54, 1.807) is 36.7 Å². The van der Waals surface area contributed by atoms with Crippen molar-refractivity contribution in [1.29, 1.82) is 0 Å². The highest BCUT2D eigenvalue weighted by Gasteiger charge is 2.32. The molecule has 0 saturated heterocycles. The van der Waals surface area contributed by atoms with Crippen LogP contribution in [-0.2, 0) is 6.18 Å². The van der Waals surface area contributed by atoms with Gasteiger partial charge in [-0.15, -0.1) is 5.10 Å². The van der Waals surface area contributed by atoms with Crippen molar-refractivity contribution >= 4 is 0 Å². The van der Waals surface area contributed by atoms with Crippen molar-refractivity contribution in [3.05, 3.63) is 78.6 Å². The molecule has 0 aliphatic rings. The lowest BCUT2D eigenvalue weighted by molar-refractivity contribution is -0.141. The Hall–Kier alpha value is -4.48. The first kappa shape index (κ1) is 20.4. The average Bonchev–Trinajstić information content (AvgIpc) is 3.47.